The Morgan fingerprint density at radius 1 is 1.60 bits per heavy atom. The zero-order valence-electron chi connectivity index (χ0n) is 5.89. The van der Waals surface area contributed by atoms with Crippen molar-refractivity contribution in [3.05, 3.63) is 23.8 Å². The Kier molecular flexibility index (Phi) is 2.27. The quantitative estimate of drug-likeness (QED) is 0.580. The van der Waals surface area contributed by atoms with Gasteiger partial charge in [-0.2, -0.15) is 0 Å². The van der Waals surface area contributed by atoms with Gasteiger partial charge in [-0.25, -0.2) is 4.39 Å². The molecule has 0 fully saturated rings. The molecule has 0 aliphatic carbocycles. The van der Waals surface area contributed by atoms with Crippen molar-refractivity contribution in [1.82, 2.24) is 4.98 Å². The summed E-state index contributed by atoms with van der Waals surface area (Å²) in [6.07, 6.45) is 3.14. The highest BCUT2D eigenvalue weighted by atomic mass is 32.2. The second-order valence-electron chi connectivity index (χ2n) is 1.94. The van der Waals surface area contributed by atoms with Crippen molar-refractivity contribution in [3.8, 4) is 0 Å². The SMILES string of the molecule is CSc1cc(F)cnc1C. The van der Waals surface area contributed by atoms with E-state index in [1.807, 2.05) is 13.2 Å². The van der Waals surface area contributed by atoms with E-state index in [9.17, 15) is 4.39 Å². The molecule has 0 saturated carbocycles. The molecule has 1 aromatic rings. The molecule has 1 nitrogen and oxygen atoms in total. The number of rotatable bonds is 1. The lowest BCUT2D eigenvalue weighted by molar-refractivity contribution is 0.615. The molecule has 3 heteroatoms. The number of pyridine rings is 1. The van der Waals surface area contributed by atoms with Gasteiger partial charge in [0.1, 0.15) is 5.82 Å². The lowest BCUT2D eigenvalue weighted by atomic mass is 10.4. The van der Waals surface area contributed by atoms with E-state index in [2.05, 4.69) is 4.98 Å². The molecule has 0 bridgehead atoms. The highest BCUT2D eigenvalue weighted by Gasteiger charge is 1.98. The number of thioether (sulfide) groups is 1. The second kappa shape index (κ2) is 3.01. The topological polar surface area (TPSA) is 12.9 Å². The van der Waals surface area contributed by atoms with Gasteiger partial charge >= 0.3 is 0 Å². The second-order valence-corrected chi connectivity index (χ2v) is 2.79. The van der Waals surface area contributed by atoms with Crippen LogP contribution in [0.3, 0.4) is 0 Å². The van der Waals surface area contributed by atoms with E-state index in [1.54, 1.807) is 0 Å². The van der Waals surface area contributed by atoms with Crippen LogP contribution < -0.4 is 0 Å². The van der Waals surface area contributed by atoms with Gasteiger partial charge in [-0.1, -0.05) is 0 Å². The van der Waals surface area contributed by atoms with Crippen LogP contribution in [0.15, 0.2) is 17.2 Å². The van der Waals surface area contributed by atoms with Crippen molar-refractivity contribution in [2.45, 2.75) is 11.8 Å². The third-order valence-corrected chi connectivity index (χ3v) is 2.08. The fourth-order valence-electron chi connectivity index (χ4n) is 0.696. The third kappa shape index (κ3) is 1.48. The standard InChI is InChI=1S/C7H8FNS/c1-5-7(10-2)3-6(8)4-9-5/h3-4H,1-2H3. The molecular weight excluding hydrogens is 149 g/mol. The molecule has 0 amide bonds. The molecule has 0 spiro atoms. The van der Waals surface area contributed by atoms with Crippen LogP contribution in [0, 0.1) is 12.7 Å². The third-order valence-electron chi connectivity index (χ3n) is 1.23. The zero-order chi connectivity index (χ0) is 7.56. The van der Waals surface area contributed by atoms with Gasteiger partial charge < -0.3 is 0 Å². The van der Waals surface area contributed by atoms with Gasteiger partial charge in [0.15, 0.2) is 0 Å². The van der Waals surface area contributed by atoms with Gasteiger partial charge in [-0.05, 0) is 19.2 Å². The summed E-state index contributed by atoms with van der Waals surface area (Å²) in [4.78, 5) is 4.76. The summed E-state index contributed by atoms with van der Waals surface area (Å²) in [7, 11) is 0. The minimum atomic E-state index is -0.269. The molecule has 0 aliphatic rings. The van der Waals surface area contributed by atoms with E-state index in [1.165, 1.54) is 24.0 Å². The van der Waals surface area contributed by atoms with Gasteiger partial charge in [0.05, 0.1) is 11.9 Å². The maximum Gasteiger partial charge on any atom is 0.142 e. The fourth-order valence-corrected chi connectivity index (χ4v) is 1.27. The minimum absolute atomic E-state index is 0.269. The summed E-state index contributed by atoms with van der Waals surface area (Å²) < 4.78 is 12.5. The summed E-state index contributed by atoms with van der Waals surface area (Å²) in [6, 6.07) is 1.49. The van der Waals surface area contributed by atoms with E-state index in [4.69, 9.17) is 0 Å². The van der Waals surface area contributed by atoms with Crippen LogP contribution in [0.2, 0.25) is 0 Å². The van der Waals surface area contributed by atoms with E-state index in [-0.39, 0.29) is 5.82 Å². The van der Waals surface area contributed by atoms with E-state index in [0.717, 1.165) is 10.6 Å². The van der Waals surface area contributed by atoms with Crippen LogP contribution in [0.1, 0.15) is 5.69 Å². The molecule has 0 saturated heterocycles. The molecule has 10 heavy (non-hydrogen) atoms. The van der Waals surface area contributed by atoms with Crippen LogP contribution in [-0.4, -0.2) is 11.2 Å². The van der Waals surface area contributed by atoms with Gasteiger partial charge in [0, 0.05) is 4.90 Å². The molecule has 0 radical (unpaired) electrons. The summed E-state index contributed by atoms with van der Waals surface area (Å²) in [5, 5.41) is 0. The fraction of sp³-hybridized carbons (Fsp3) is 0.286. The summed E-state index contributed by atoms with van der Waals surface area (Å²) in [5.41, 5.74) is 0.883. The lowest BCUT2D eigenvalue weighted by Crippen LogP contribution is -1.85. The Balaban J connectivity index is 3.09. The van der Waals surface area contributed by atoms with Gasteiger partial charge in [0.2, 0.25) is 0 Å². The highest BCUT2D eigenvalue weighted by molar-refractivity contribution is 7.98. The Morgan fingerprint density at radius 3 is 2.80 bits per heavy atom. The summed E-state index contributed by atoms with van der Waals surface area (Å²) >= 11 is 1.51. The van der Waals surface area contributed by atoms with Crippen LogP contribution in [0.4, 0.5) is 4.39 Å². The molecule has 1 heterocycles. The number of nitrogens with zero attached hydrogens (tertiary/aromatic N) is 1. The van der Waals surface area contributed by atoms with Crippen LogP contribution in [0.25, 0.3) is 0 Å². The molecule has 1 rings (SSSR count). The Labute approximate surface area is 63.7 Å². The van der Waals surface area contributed by atoms with E-state index >= 15 is 0 Å². The first-order valence-electron chi connectivity index (χ1n) is 2.90. The zero-order valence-corrected chi connectivity index (χ0v) is 6.70. The molecule has 0 unspecified atom stereocenters. The Bertz CT molecular complexity index is 237. The van der Waals surface area contributed by atoms with Crippen molar-refractivity contribution < 1.29 is 4.39 Å². The maximum atomic E-state index is 12.5. The molecule has 1 aromatic heterocycles. The van der Waals surface area contributed by atoms with E-state index in [0.29, 0.717) is 0 Å². The van der Waals surface area contributed by atoms with Gasteiger partial charge in [-0.3, -0.25) is 4.98 Å². The van der Waals surface area contributed by atoms with Crippen LogP contribution in [-0.2, 0) is 0 Å². The normalized spacial score (nSPS) is 9.90. The molecule has 0 N–H and O–H groups in total. The highest BCUT2D eigenvalue weighted by Crippen LogP contribution is 2.17. The van der Waals surface area contributed by atoms with Crippen LogP contribution >= 0.6 is 11.8 Å². The average Bonchev–Trinajstić information content (AvgIpc) is 1.94. The Hall–Kier alpha value is -0.570. The summed E-state index contributed by atoms with van der Waals surface area (Å²) in [5.74, 6) is -0.269. The van der Waals surface area contributed by atoms with Gasteiger partial charge in [-0.15, -0.1) is 11.8 Å². The number of hydrogen-bond donors (Lipinski definition) is 0. The number of aryl methyl sites for hydroxylation is 1. The molecular formula is C7H8FNS. The van der Waals surface area contributed by atoms with Crippen molar-refractivity contribution in [3.63, 3.8) is 0 Å². The lowest BCUT2D eigenvalue weighted by Gasteiger charge is -1.98. The van der Waals surface area contributed by atoms with Crippen molar-refractivity contribution in [2.75, 3.05) is 6.26 Å². The Morgan fingerprint density at radius 2 is 2.30 bits per heavy atom. The minimum Gasteiger partial charge on any atom is -0.257 e. The van der Waals surface area contributed by atoms with Crippen molar-refractivity contribution in [1.29, 1.82) is 0 Å². The van der Waals surface area contributed by atoms with E-state index < -0.39 is 0 Å². The number of halogens is 1. The number of hydrogen-bond acceptors (Lipinski definition) is 2. The molecule has 0 aromatic carbocycles. The molecule has 54 valence electrons. The monoisotopic (exact) mass is 157 g/mol. The van der Waals surface area contributed by atoms with Crippen molar-refractivity contribution >= 4 is 11.8 Å². The number of aromatic nitrogens is 1. The first-order valence-corrected chi connectivity index (χ1v) is 4.12. The molecule has 0 aliphatic heterocycles. The summed E-state index contributed by atoms with van der Waals surface area (Å²) in [6.45, 7) is 1.87. The predicted octanol–water partition coefficient (Wildman–Crippen LogP) is 2.25. The van der Waals surface area contributed by atoms with Crippen molar-refractivity contribution in [2.24, 2.45) is 0 Å². The first kappa shape index (κ1) is 7.54. The largest absolute Gasteiger partial charge is 0.257 e. The maximum absolute atomic E-state index is 12.5. The van der Waals surface area contributed by atoms with Gasteiger partial charge in [0.25, 0.3) is 0 Å². The smallest absolute Gasteiger partial charge is 0.142 e. The first-order chi connectivity index (χ1) is 4.74. The molecule has 0 atom stereocenters. The van der Waals surface area contributed by atoms with Crippen LogP contribution in [0.5, 0.6) is 0 Å². The average molecular weight is 157 g/mol. The predicted molar refractivity (Wildman–Crippen MR) is 40.7 cm³/mol.